The Morgan fingerprint density at radius 2 is 1.74 bits per heavy atom. The average molecular weight is 461 g/mol. The van der Waals surface area contributed by atoms with Crippen LogP contribution in [0.4, 0.5) is 4.79 Å². The molecule has 2 aromatic rings. The van der Waals surface area contributed by atoms with Crippen LogP contribution in [0.25, 0.3) is 11.1 Å². The van der Waals surface area contributed by atoms with E-state index in [1.165, 1.54) is 4.90 Å². The summed E-state index contributed by atoms with van der Waals surface area (Å²) in [4.78, 5) is 38.8. The van der Waals surface area contributed by atoms with Crippen molar-refractivity contribution in [2.45, 2.75) is 32.2 Å². The topological polar surface area (TPSA) is 95.9 Å². The zero-order valence-corrected chi connectivity index (χ0v) is 19.3. The highest BCUT2D eigenvalue weighted by Gasteiger charge is 2.46. The predicted octanol–water partition coefficient (Wildman–Crippen LogP) is 3.49. The molecule has 176 valence electrons. The number of amides is 2. The molecule has 2 N–H and O–H groups in total. The van der Waals surface area contributed by atoms with Gasteiger partial charge in [0.05, 0.1) is 5.92 Å². The molecule has 34 heavy (non-hydrogen) atoms. The van der Waals surface area contributed by atoms with Crippen molar-refractivity contribution >= 4 is 18.0 Å². The van der Waals surface area contributed by atoms with Crippen molar-refractivity contribution in [3.05, 3.63) is 59.7 Å². The SMILES string of the molecule is C#CCC(NC(=O)OCC1c2ccccc2-c2ccccc21)C(=O)N1CC(C(=O)O)C(C)(C)C1. The van der Waals surface area contributed by atoms with Gasteiger partial charge in [-0.15, -0.1) is 12.3 Å². The number of carboxylic acid groups (broad SMARTS) is 1. The summed E-state index contributed by atoms with van der Waals surface area (Å²) in [5, 5.41) is 12.1. The molecule has 2 aliphatic rings. The number of likely N-dealkylation sites (tertiary alicyclic amines) is 1. The van der Waals surface area contributed by atoms with E-state index in [2.05, 4.69) is 23.4 Å². The molecule has 1 aliphatic carbocycles. The summed E-state index contributed by atoms with van der Waals surface area (Å²) in [6.45, 7) is 4.10. The van der Waals surface area contributed by atoms with Crippen molar-refractivity contribution in [2.75, 3.05) is 19.7 Å². The van der Waals surface area contributed by atoms with Crippen LogP contribution in [0.3, 0.4) is 0 Å². The molecule has 4 rings (SSSR count). The molecule has 2 aromatic carbocycles. The molecular formula is C27H28N2O5. The van der Waals surface area contributed by atoms with Crippen LogP contribution >= 0.6 is 0 Å². The number of carbonyl (C=O) groups is 3. The van der Waals surface area contributed by atoms with Crippen LogP contribution in [0.5, 0.6) is 0 Å². The summed E-state index contributed by atoms with van der Waals surface area (Å²) < 4.78 is 5.55. The third-order valence-corrected chi connectivity index (χ3v) is 6.81. The van der Waals surface area contributed by atoms with Crippen LogP contribution in [0.15, 0.2) is 48.5 Å². The molecule has 2 amide bonds. The normalized spacial score (nSPS) is 19.0. The third kappa shape index (κ3) is 4.36. The zero-order chi connectivity index (χ0) is 24.5. The Balaban J connectivity index is 1.42. The number of ether oxygens (including phenoxy) is 1. The molecule has 0 aromatic heterocycles. The van der Waals surface area contributed by atoms with Crippen molar-refractivity contribution < 1.29 is 24.2 Å². The van der Waals surface area contributed by atoms with Crippen LogP contribution < -0.4 is 5.32 Å². The van der Waals surface area contributed by atoms with Crippen LogP contribution in [0.1, 0.15) is 37.3 Å². The highest BCUT2D eigenvalue weighted by Crippen LogP contribution is 2.44. The van der Waals surface area contributed by atoms with Crippen molar-refractivity contribution in [3.8, 4) is 23.5 Å². The summed E-state index contributed by atoms with van der Waals surface area (Å²) in [5.41, 5.74) is 3.85. The minimum absolute atomic E-state index is 0.0162. The number of fused-ring (bicyclic) bond motifs is 3. The summed E-state index contributed by atoms with van der Waals surface area (Å²) in [5.74, 6) is 0.291. The summed E-state index contributed by atoms with van der Waals surface area (Å²) >= 11 is 0. The van der Waals surface area contributed by atoms with E-state index in [4.69, 9.17) is 11.2 Å². The molecule has 0 saturated carbocycles. The molecule has 2 atom stereocenters. The van der Waals surface area contributed by atoms with Gasteiger partial charge in [-0.1, -0.05) is 62.4 Å². The van der Waals surface area contributed by atoms with Crippen molar-refractivity contribution in [3.63, 3.8) is 0 Å². The lowest BCUT2D eigenvalue weighted by Crippen LogP contribution is -2.48. The second kappa shape index (κ2) is 9.22. The highest BCUT2D eigenvalue weighted by molar-refractivity contribution is 5.87. The number of carbonyl (C=O) groups excluding carboxylic acids is 2. The van der Waals surface area contributed by atoms with E-state index in [1.807, 2.05) is 50.2 Å². The highest BCUT2D eigenvalue weighted by atomic mass is 16.5. The maximum Gasteiger partial charge on any atom is 0.407 e. The largest absolute Gasteiger partial charge is 0.481 e. The number of carboxylic acids is 1. The second-order valence-electron chi connectivity index (χ2n) is 9.53. The summed E-state index contributed by atoms with van der Waals surface area (Å²) in [6, 6.07) is 15.1. The van der Waals surface area contributed by atoms with Crippen molar-refractivity contribution in [1.29, 1.82) is 0 Å². The fraction of sp³-hybridized carbons (Fsp3) is 0.370. The molecule has 1 fully saturated rings. The first-order valence-corrected chi connectivity index (χ1v) is 11.3. The Morgan fingerprint density at radius 3 is 2.26 bits per heavy atom. The molecule has 1 aliphatic heterocycles. The zero-order valence-electron chi connectivity index (χ0n) is 19.3. The lowest BCUT2D eigenvalue weighted by Gasteiger charge is -2.25. The van der Waals surface area contributed by atoms with E-state index < -0.39 is 35.3 Å². The Kier molecular flexibility index (Phi) is 6.34. The van der Waals surface area contributed by atoms with E-state index in [-0.39, 0.29) is 32.0 Å². The molecule has 0 bridgehead atoms. The van der Waals surface area contributed by atoms with Gasteiger partial charge in [-0.25, -0.2) is 4.79 Å². The van der Waals surface area contributed by atoms with Crippen LogP contribution in [0.2, 0.25) is 0 Å². The number of benzene rings is 2. The number of alkyl carbamates (subject to hydrolysis) is 1. The predicted molar refractivity (Wildman–Crippen MR) is 127 cm³/mol. The fourth-order valence-corrected chi connectivity index (χ4v) is 5.04. The quantitative estimate of drug-likeness (QED) is 0.644. The monoisotopic (exact) mass is 460 g/mol. The van der Waals surface area contributed by atoms with E-state index >= 15 is 0 Å². The van der Waals surface area contributed by atoms with Crippen LogP contribution in [0, 0.1) is 23.7 Å². The maximum absolute atomic E-state index is 13.1. The summed E-state index contributed by atoms with van der Waals surface area (Å²) in [7, 11) is 0. The lowest BCUT2D eigenvalue weighted by atomic mass is 9.82. The van der Waals surface area contributed by atoms with Gasteiger partial charge in [0.2, 0.25) is 5.91 Å². The second-order valence-corrected chi connectivity index (χ2v) is 9.53. The van der Waals surface area contributed by atoms with Gasteiger partial charge in [-0.3, -0.25) is 9.59 Å². The van der Waals surface area contributed by atoms with Gasteiger partial charge in [0.25, 0.3) is 0 Å². The molecule has 2 unspecified atom stereocenters. The Morgan fingerprint density at radius 1 is 1.15 bits per heavy atom. The minimum Gasteiger partial charge on any atom is -0.481 e. The van der Waals surface area contributed by atoms with Crippen LogP contribution in [-0.4, -0.2) is 53.7 Å². The Hall–Kier alpha value is -3.79. The molecule has 1 saturated heterocycles. The van der Waals surface area contributed by atoms with Crippen LogP contribution in [-0.2, 0) is 14.3 Å². The maximum atomic E-state index is 13.1. The fourth-order valence-electron chi connectivity index (χ4n) is 5.04. The van der Waals surface area contributed by atoms with Gasteiger partial charge in [-0.05, 0) is 27.7 Å². The van der Waals surface area contributed by atoms with E-state index in [1.54, 1.807) is 0 Å². The average Bonchev–Trinajstić information content (AvgIpc) is 3.31. The molecular weight excluding hydrogens is 432 g/mol. The number of rotatable bonds is 6. The number of hydrogen-bond acceptors (Lipinski definition) is 4. The van der Waals surface area contributed by atoms with Gasteiger partial charge < -0.3 is 20.1 Å². The van der Waals surface area contributed by atoms with Gasteiger partial charge in [0.1, 0.15) is 12.6 Å². The Labute approximate surface area is 199 Å². The molecule has 7 nitrogen and oxygen atoms in total. The number of hydrogen-bond donors (Lipinski definition) is 2. The Bertz CT molecular complexity index is 1120. The molecule has 0 spiro atoms. The van der Waals surface area contributed by atoms with E-state index in [9.17, 15) is 19.5 Å². The molecule has 7 heteroatoms. The third-order valence-electron chi connectivity index (χ3n) is 6.81. The summed E-state index contributed by atoms with van der Waals surface area (Å²) in [6.07, 6.45) is 4.69. The minimum atomic E-state index is -0.982. The molecule has 0 radical (unpaired) electrons. The lowest BCUT2D eigenvalue weighted by molar-refractivity contribution is -0.144. The van der Waals surface area contributed by atoms with Crippen molar-refractivity contribution in [1.82, 2.24) is 10.2 Å². The number of terminal acetylenes is 1. The van der Waals surface area contributed by atoms with E-state index in [0.717, 1.165) is 22.3 Å². The number of nitrogens with one attached hydrogen (secondary N) is 1. The van der Waals surface area contributed by atoms with Gasteiger partial charge >= 0.3 is 12.1 Å². The van der Waals surface area contributed by atoms with Gasteiger partial charge in [0, 0.05) is 25.4 Å². The molecule has 1 heterocycles. The number of nitrogens with zero attached hydrogens (tertiary/aromatic N) is 1. The standard InChI is InChI=1S/C27H28N2O5/c1-4-9-23(24(30)29-14-22(25(31)32)27(2,3)16-29)28-26(33)34-15-21-19-12-7-5-10-17(19)18-11-6-8-13-20(18)21/h1,5-8,10-13,21-23H,9,14-16H2,2-3H3,(H,28,33)(H,31,32). The van der Waals surface area contributed by atoms with Crippen molar-refractivity contribution in [2.24, 2.45) is 11.3 Å². The smallest absolute Gasteiger partial charge is 0.407 e. The van der Waals surface area contributed by atoms with Gasteiger partial charge in [-0.2, -0.15) is 0 Å². The first-order chi connectivity index (χ1) is 16.2. The number of aliphatic carboxylic acids is 1. The van der Waals surface area contributed by atoms with Gasteiger partial charge in [0.15, 0.2) is 0 Å². The first kappa shape index (κ1) is 23.4. The first-order valence-electron chi connectivity index (χ1n) is 11.3. The van der Waals surface area contributed by atoms with E-state index in [0.29, 0.717) is 0 Å².